The second-order valence-electron chi connectivity index (χ2n) is 4.22. The summed E-state index contributed by atoms with van der Waals surface area (Å²) in [5, 5.41) is 9.04. The van der Waals surface area contributed by atoms with Crippen molar-refractivity contribution in [2.24, 2.45) is 0 Å². The van der Waals surface area contributed by atoms with Crippen LogP contribution in [0.4, 0.5) is 5.69 Å². The summed E-state index contributed by atoms with van der Waals surface area (Å²) in [4.78, 5) is 0.162. The van der Waals surface area contributed by atoms with E-state index in [1.807, 2.05) is 13.0 Å². The normalized spacial score (nSPS) is 10.8. The molecule has 0 heterocycles. The first-order chi connectivity index (χ1) is 9.42. The van der Waals surface area contributed by atoms with Gasteiger partial charge in [-0.1, -0.05) is 33.6 Å². The highest BCUT2D eigenvalue weighted by atomic mass is 79.9. The lowest BCUT2D eigenvalue weighted by atomic mass is 10.2. The molecular weight excluding hydrogens is 340 g/mol. The van der Waals surface area contributed by atoms with Crippen LogP contribution in [0.1, 0.15) is 11.1 Å². The molecule has 0 atom stereocenters. The molecule has 0 aromatic heterocycles. The Hall–Kier alpha value is -1.84. The van der Waals surface area contributed by atoms with Gasteiger partial charge in [0.15, 0.2) is 0 Å². The van der Waals surface area contributed by atoms with Crippen LogP contribution < -0.4 is 4.72 Å². The van der Waals surface area contributed by atoms with E-state index in [1.165, 1.54) is 12.1 Å². The molecule has 0 saturated carbocycles. The van der Waals surface area contributed by atoms with E-state index in [2.05, 4.69) is 20.7 Å². The number of benzene rings is 2. The van der Waals surface area contributed by atoms with Crippen LogP contribution in [0.5, 0.6) is 0 Å². The lowest BCUT2D eigenvalue weighted by Crippen LogP contribution is -2.13. The van der Waals surface area contributed by atoms with Crippen LogP contribution in [-0.4, -0.2) is 8.42 Å². The van der Waals surface area contributed by atoms with E-state index in [-0.39, 0.29) is 16.1 Å². The molecule has 0 aliphatic heterocycles. The molecule has 0 aliphatic carbocycles. The first-order valence-corrected chi connectivity index (χ1v) is 7.99. The molecule has 1 N–H and O–H groups in total. The van der Waals surface area contributed by atoms with Crippen LogP contribution in [0.2, 0.25) is 0 Å². The number of nitrogens with zero attached hydrogens (tertiary/aromatic N) is 1. The summed E-state index contributed by atoms with van der Waals surface area (Å²) in [7, 11) is -3.69. The zero-order chi connectivity index (χ0) is 14.8. The fraction of sp³-hybridized carbons (Fsp3) is 0.0714. The fourth-order valence-corrected chi connectivity index (χ4v) is 3.06. The van der Waals surface area contributed by atoms with Gasteiger partial charge < -0.3 is 0 Å². The largest absolute Gasteiger partial charge is 0.278 e. The van der Waals surface area contributed by atoms with Gasteiger partial charge in [-0.15, -0.1) is 0 Å². The summed E-state index contributed by atoms with van der Waals surface area (Å²) < 4.78 is 27.6. The van der Waals surface area contributed by atoms with Crippen LogP contribution >= 0.6 is 15.9 Å². The quantitative estimate of drug-likeness (QED) is 0.921. The predicted molar refractivity (Wildman–Crippen MR) is 80.8 cm³/mol. The molecule has 0 spiro atoms. The minimum atomic E-state index is -3.69. The van der Waals surface area contributed by atoms with Crippen molar-refractivity contribution in [2.75, 3.05) is 4.72 Å². The molecule has 0 amide bonds. The SMILES string of the molecule is Cc1ccc(S(=O)(=O)Nc2ccc(Br)cc2C#N)cc1. The Kier molecular flexibility index (Phi) is 4.12. The van der Waals surface area contributed by atoms with Crippen molar-refractivity contribution >= 4 is 31.6 Å². The lowest BCUT2D eigenvalue weighted by molar-refractivity contribution is 0.601. The van der Waals surface area contributed by atoms with Gasteiger partial charge in [-0.05, 0) is 37.3 Å². The molecule has 0 radical (unpaired) electrons. The predicted octanol–water partition coefficient (Wildman–Crippen LogP) is 3.43. The Balaban J connectivity index is 2.39. The maximum atomic E-state index is 12.2. The molecule has 0 saturated heterocycles. The minimum Gasteiger partial charge on any atom is -0.278 e. The second kappa shape index (κ2) is 5.65. The van der Waals surface area contributed by atoms with Gasteiger partial charge in [-0.3, -0.25) is 4.72 Å². The van der Waals surface area contributed by atoms with Gasteiger partial charge in [0.2, 0.25) is 0 Å². The summed E-state index contributed by atoms with van der Waals surface area (Å²) in [5.41, 5.74) is 1.50. The molecule has 20 heavy (non-hydrogen) atoms. The van der Waals surface area contributed by atoms with Gasteiger partial charge in [0.1, 0.15) is 6.07 Å². The number of halogens is 1. The highest BCUT2D eigenvalue weighted by Gasteiger charge is 2.15. The van der Waals surface area contributed by atoms with E-state index in [4.69, 9.17) is 5.26 Å². The molecule has 0 unspecified atom stereocenters. The van der Waals surface area contributed by atoms with Gasteiger partial charge in [-0.25, -0.2) is 8.42 Å². The van der Waals surface area contributed by atoms with Crippen LogP contribution in [0, 0.1) is 18.3 Å². The third-order valence-electron chi connectivity index (χ3n) is 2.68. The average Bonchev–Trinajstić information content (AvgIpc) is 2.41. The molecule has 6 heteroatoms. The topological polar surface area (TPSA) is 70.0 Å². The summed E-state index contributed by atoms with van der Waals surface area (Å²) in [6.45, 7) is 1.88. The van der Waals surface area contributed by atoms with Gasteiger partial charge in [-0.2, -0.15) is 5.26 Å². The first-order valence-electron chi connectivity index (χ1n) is 5.71. The van der Waals surface area contributed by atoms with E-state index in [1.54, 1.807) is 30.3 Å². The molecule has 0 fully saturated rings. The molecule has 2 aromatic carbocycles. The highest BCUT2D eigenvalue weighted by molar-refractivity contribution is 9.10. The maximum absolute atomic E-state index is 12.2. The third-order valence-corrected chi connectivity index (χ3v) is 4.55. The van der Waals surface area contributed by atoms with E-state index in [9.17, 15) is 8.42 Å². The van der Waals surface area contributed by atoms with Crippen LogP contribution in [-0.2, 0) is 10.0 Å². The van der Waals surface area contributed by atoms with Gasteiger partial charge in [0.25, 0.3) is 10.0 Å². The number of nitriles is 1. The van der Waals surface area contributed by atoms with Crippen LogP contribution in [0.15, 0.2) is 51.8 Å². The molecular formula is C14H11BrN2O2S. The Morgan fingerprint density at radius 2 is 1.80 bits per heavy atom. The number of hydrogen-bond acceptors (Lipinski definition) is 3. The Labute approximate surface area is 126 Å². The number of anilines is 1. The van der Waals surface area contributed by atoms with E-state index < -0.39 is 10.0 Å². The third kappa shape index (κ3) is 3.18. The summed E-state index contributed by atoms with van der Waals surface area (Å²) in [6, 6.07) is 13.3. The monoisotopic (exact) mass is 350 g/mol. The number of nitrogens with one attached hydrogen (secondary N) is 1. The van der Waals surface area contributed by atoms with E-state index in [0.29, 0.717) is 4.47 Å². The highest BCUT2D eigenvalue weighted by Crippen LogP contribution is 2.23. The fourth-order valence-electron chi connectivity index (χ4n) is 1.62. The van der Waals surface area contributed by atoms with E-state index in [0.717, 1.165) is 5.56 Å². The average molecular weight is 351 g/mol. The molecule has 4 nitrogen and oxygen atoms in total. The van der Waals surface area contributed by atoms with Crippen molar-refractivity contribution in [1.82, 2.24) is 0 Å². The Morgan fingerprint density at radius 3 is 2.40 bits per heavy atom. The molecule has 0 aliphatic rings. The molecule has 2 aromatic rings. The van der Waals surface area contributed by atoms with Gasteiger partial charge in [0.05, 0.1) is 16.1 Å². The number of hydrogen-bond donors (Lipinski definition) is 1. The number of aryl methyl sites for hydroxylation is 1. The smallest absolute Gasteiger partial charge is 0.261 e. The van der Waals surface area contributed by atoms with Crippen LogP contribution in [0.25, 0.3) is 0 Å². The van der Waals surface area contributed by atoms with Crippen molar-refractivity contribution in [1.29, 1.82) is 5.26 Å². The number of sulfonamides is 1. The Bertz CT molecular complexity index is 778. The standard InChI is InChI=1S/C14H11BrN2O2S/c1-10-2-5-13(6-3-10)20(18,19)17-14-7-4-12(15)8-11(14)9-16/h2-8,17H,1H3. The van der Waals surface area contributed by atoms with Gasteiger partial charge in [0, 0.05) is 4.47 Å². The first kappa shape index (κ1) is 14.6. The van der Waals surface area contributed by atoms with Crippen molar-refractivity contribution in [3.63, 3.8) is 0 Å². The number of rotatable bonds is 3. The lowest BCUT2D eigenvalue weighted by Gasteiger charge is -2.10. The zero-order valence-corrected chi connectivity index (χ0v) is 13.0. The molecule has 2 rings (SSSR count). The zero-order valence-electron chi connectivity index (χ0n) is 10.6. The van der Waals surface area contributed by atoms with E-state index >= 15 is 0 Å². The van der Waals surface area contributed by atoms with Gasteiger partial charge >= 0.3 is 0 Å². The summed E-state index contributed by atoms with van der Waals surface area (Å²) >= 11 is 3.24. The van der Waals surface area contributed by atoms with Crippen molar-refractivity contribution in [3.8, 4) is 6.07 Å². The molecule has 0 bridgehead atoms. The summed E-state index contributed by atoms with van der Waals surface area (Å²) in [5.74, 6) is 0. The maximum Gasteiger partial charge on any atom is 0.261 e. The minimum absolute atomic E-state index is 0.162. The van der Waals surface area contributed by atoms with Crippen LogP contribution in [0.3, 0.4) is 0 Å². The Morgan fingerprint density at radius 1 is 1.15 bits per heavy atom. The van der Waals surface area contributed by atoms with Crippen molar-refractivity contribution < 1.29 is 8.42 Å². The van der Waals surface area contributed by atoms with Crippen molar-refractivity contribution in [2.45, 2.75) is 11.8 Å². The molecule has 102 valence electrons. The second-order valence-corrected chi connectivity index (χ2v) is 6.82. The summed E-state index contributed by atoms with van der Waals surface area (Å²) in [6.07, 6.45) is 0. The van der Waals surface area contributed by atoms with Crippen molar-refractivity contribution in [3.05, 3.63) is 58.1 Å².